The zero-order chi connectivity index (χ0) is 13.3. The Morgan fingerprint density at radius 3 is 1.95 bits per heavy atom. The van der Waals surface area contributed by atoms with Crippen LogP contribution in [0.2, 0.25) is 0 Å². The molecule has 0 aliphatic carbocycles. The standard InChI is InChI=1S/C16H12Cl2Si/c17-19(18,15-8-2-1-3-9-15)16-11-10-13-6-4-5-7-14(13)12-16/h1-12H. The molecule has 0 aromatic heterocycles. The number of halogens is 2. The second-order valence-electron chi connectivity index (χ2n) is 4.50. The summed E-state index contributed by atoms with van der Waals surface area (Å²) in [5.74, 6) is 0. The molecule has 0 nitrogen and oxygen atoms in total. The number of benzene rings is 3. The third kappa shape index (κ3) is 2.42. The molecule has 0 aliphatic heterocycles. The van der Waals surface area contributed by atoms with Gasteiger partial charge in [0, 0.05) is 0 Å². The van der Waals surface area contributed by atoms with E-state index in [4.69, 9.17) is 22.2 Å². The van der Waals surface area contributed by atoms with E-state index in [1.54, 1.807) is 0 Å². The Hall–Kier alpha value is -1.28. The van der Waals surface area contributed by atoms with E-state index >= 15 is 0 Å². The average Bonchev–Trinajstić information content (AvgIpc) is 2.47. The molecule has 0 radical (unpaired) electrons. The lowest BCUT2D eigenvalue weighted by Gasteiger charge is -2.18. The minimum Gasteiger partial charge on any atom is -0.134 e. The van der Waals surface area contributed by atoms with Crippen LogP contribution in [0.15, 0.2) is 72.8 Å². The summed E-state index contributed by atoms with van der Waals surface area (Å²) < 4.78 is 0. The van der Waals surface area contributed by atoms with Crippen LogP contribution in [0.3, 0.4) is 0 Å². The summed E-state index contributed by atoms with van der Waals surface area (Å²) in [6.07, 6.45) is 0. The van der Waals surface area contributed by atoms with Crippen LogP contribution < -0.4 is 10.4 Å². The van der Waals surface area contributed by atoms with E-state index in [0.717, 1.165) is 10.4 Å². The van der Waals surface area contributed by atoms with Crippen LogP contribution in [0.25, 0.3) is 10.8 Å². The fourth-order valence-corrected chi connectivity index (χ4v) is 5.23. The van der Waals surface area contributed by atoms with Crippen molar-refractivity contribution in [2.75, 3.05) is 0 Å². The Balaban J connectivity index is 2.13. The molecule has 94 valence electrons. The van der Waals surface area contributed by atoms with Crippen LogP contribution >= 0.6 is 22.2 Å². The van der Waals surface area contributed by atoms with Crippen molar-refractivity contribution < 1.29 is 0 Å². The fraction of sp³-hybridized carbons (Fsp3) is 0. The largest absolute Gasteiger partial charge is 0.310 e. The van der Waals surface area contributed by atoms with Crippen LogP contribution in [0, 0.1) is 0 Å². The topological polar surface area (TPSA) is 0 Å². The highest BCUT2D eigenvalue weighted by atomic mass is 35.7. The van der Waals surface area contributed by atoms with Gasteiger partial charge in [-0.3, -0.25) is 0 Å². The van der Waals surface area contributed by atoms with Crippen LogP contribution in [0.5, 0.6) is 0 Å². The van der Waals surface area contributed by atoms with E-state index < -0.39 is 6.69 Å². The SMILES string of the molecule is Cl[Si](Cl)(c1ccccc1)c1ccc2ccccc2c1. The number of rotatable bonds is 2. The first-order valence-electron chi connectivity index (χ1n) is 6.10. The molecule has 3 rings (SSSR count). The maximum absolute atomic E-state index is 6.69. The molecule has 0 saturated carbocycles. The smallest absolute Gasteiger partial charge is 0.134 e. The lowest BCUT2D eigenvalue weighted by Crippen LogP contribution is -2.48. The van der Waals surface area contributed by atoms with E-state index in [-0.39, 0.29) is 0 Å². The Labute approximate surface area is 123 Å². The van der Waals surface area contributed by atoms with Gasteiger partial charge in [0.1, 0.15) is 0 Å². The molecule has 0 amide bonds. The van der Waals surface area contributed by atoms with Gasteiger partial charge < -0.3 is 0 Å². The van der Waals surface area contributed by atoms with Gasteiger partial charge >= 0.3 is 6.69 Å². The van der Waals surface area contributed by atoms with Crippen molar-refractivity contribution in [1.29, 1.82) is 0 Å². The zero-order valence-electron chi connectivity index (χ0n) is 10.2. The van der Waals surface area contributed by atoms with Gasteiger partial charge in [0.15, 0.2) is 0 Å². The molecule has 0 spiro atoms. The van der Waals surface area contributed by atoms with E-state index in [2.05, 4.69) is 24.3 Å². The maximum Gasteiger partial charge on any atom is 0.310 e. The summed E-state index contributed by atoms with van der Waals surface area (Å²) in [5, 5.41) is 4.43. The first-order chi connectivity index (χ1) is 9.18. The van der Waals surface area contributed by atoms with E-state index in [9.17, 15) is 0 Å². The predicted molar refractivity (Wildman–Crippen MR) is 87.1 cm³/mol. The van der Waals surface area contributed by atoms with Crippen molar-refractivity contribution in [3.05, 3.63) is 72.8 Å². The molecule has 0 atom stereocenters. The minimum atomic E-state index is -2.63. The number of hydrogen-bond acceptors (Lipinski definition) is 0. The molecule has 0 fully saturated rings. The van der Waals surface area contributed by atoms with Crippen LogP contribution in [-0.2, 0) is 0 Å². The Kier molecular flexibility index (Phi) is 3.36. The molecule has 0 bridgehead atoms. The predicted octanol–water partition coefficient (Wildman–Crippen LogP) is 3.87. The van der Waals surface area contributed by atoms with Crippen LogP contribution in [0.1, 0.15) is 0 Å². The van der Waals surface area contributed by atoms with Gasteiger partial charge in [0.05, 0.1) is 0 Å². The summed E-state index contributed by atoms with van der Waals surface area (Å²) in [7, 11) is 0. The first kappa shape index (κ1) is 12.7. The van der Waals surface area contributed by atoms with Crippen molar-refractivity contribution >= 4 is 50.0 Å². The van der Waals surface area contributed by atoms with Gasteiger partial charge in [0.2, 0.25) is 0 Å². The molecule has 3 aromatic carbocycles. The normalized spacial score (nSPS) is 11.7. The van der Waals surface area contributed by atoms with Crippen molar-refractivity contribution in [1.82, 2.24) is 0 Å². The highest BCUT2D eigenvalue weighted by molar-refractivity contribution is 7.56. The van der Waals surface area contributed by atoms with Crippen LogP contribution in [-0.4, -0.2) is 6.69 Å². The third-order valence-electron chi connectivity index (χ3n) is 3.25. The second kappa shape index (κ2) is 5.01. The summed E-state index contributed by atoms with van der Waals surface area (Å²) in [5.41, 5.74) is 0. The van der Waals surface area contributed by atoms with Crippen molar-refractivity contribution in [3.8, 4) is 0 Å². The molecular formula is C16H12Cl2Si. The molecule has 0 saturated heterocycles. The molecule has 3 heteroatoms. The summed E-state index contributed by atoms with van der Waals surface area (Å²) >= 11 is 13.4. The molecule has 0 heterocycles. The highest BCUT2D eigenvalue weighted by Crippen LogP contribution is 2.19. The maximum atomic E-state index is 6.69. The highest BCUT2D eigenvalue weighted by Gasteiger charge is 2.33. The molecule has 0 unspecified atom stereocenters. The lowest BCUT2D eigenvalue weighted by atomic mass is 10.1. The van der Waals surface area contributed by atoms with Gasteiger partial charge in [-0.05, 0) is 21.1 Å². The minimum absolute atomic E-state index is 1.02. The summed E-state index contributed by atoms with van der Waals surface area (Å²) in [6.45, 7) is -2.63. The summed E-state index contributed by atoms with van der Waals surface area (Å²) in [4.78, 5) is 0. The first-order valence-corrected chi connectivity index (χ1v) is 10.1. The average molecular weight is 303 g/mol. The second-order valence-corrected chi connectivity index (χ2v) is 10.8. The van der Waals surface area contributed by atoms with Crippen LogP contribution in [0.4, 0.5) is 0 Å². The Morgan fingerprint density at radius 2 is 1.21 bits per heavy atom. The monoisotopic (exact) mass is 302 g/mol. The quantitative estimate of drug-likeness (QED) is 0.498. The molecular weight excluding hydrogens is 291 g/mol. The van der Waals surface area contributed by atoms with Crippen molar-refractivity contribution in [2.24, 2.45) is 0 Å². The number of hydrogen-bond donors (Lipinski definition) is 0. The van der Waals surface area contributed by atoms with Crippen molar-refractivity contribution in [2.45, 2.75) is 0 Å². The van der Waals surface area contributed by atoms with Gasteiger partial charge in [-0.1, -0.05) is 72.8 Å². The van der Waals surface area contributed by atoms with E-state index in [0.29, 0.717) is 0 Å². The lowest BCUT2D eigenvalue weighted by molar-refractivity contribution is 1.75. The van der Waals surface area contributed by atoms with E-state index in [1.165, 1.54) is 10.8 Å². The van der Waals surface area contributed by atoms with Gasteiger partial charge in [0.25, 0.3) is 0 Å². The Morgan fingerprint density at radius 1 is 0.579 bits per heavy atom. The zero-order valence-corrected chi connectivity index (χ0v) is 12.7. The molecule has 19 heavy (non-hydrogen) atoms. The van der Waals surface area contributed by atoms with Crippen molar-refractivity contribution in [3.63, 3.8) is 0 Å². The summed E-state index contributed by atoms with van der Waals surface area (Å²) in [6, 6.07) is 24.4. The molecule has 0 aliphatic rings. The molecule has 0 N–H and O–H groups in total. The van der Waals surface area contributed by atoms with E-state index in [1.807, 2.05) is 48.5 Å². The number of fused-ring (bicyclic) bond motifs is 1. The van der Waals surface area contributed by atoms with Gasteiger partial charge in [-0.15, -0.1) is 22.2 Å². The molecule has 3 aromatic rings. The van der Waals surface area contributed by atoms with Gasteiger partial charge in [-0.2, -0.15) is 0 Å². The third-order valence-corrected chi connectivity index (χ3v) is 7.96. The van der Waals surface area contributed by atoms with Gasteiger partial charge in [-0.25, -0.2) is 0 Å². The Bertz CT molecular complexity index is 708. The fourth-order valence-electron chi connectivity index (χ4n) is 2.20.